The Bertz CT molecular complexity index is 324. The minimum atomic E-state index is 0. The fraction of sp³-hybridized carbons (Fsp3) is 0.300. The number of aromatic nitrogens is 1. The minimum Gasteiger partial charge on any atom is -1.00 e. The molecule has 0 saturated carbocycles. The van der Waals surface area contributed by atoms with Crippen molar-refractivity contribution in [2.75, 3.05) is 14.1 Å². The predicted octanol–water partition coefficient (Wildman–Crippen LogP) is -4.51. The van der Waals surface area contributed by atoms with Gasteiger partial charge in [0, 0.05) is 26.5 Å². The maximum absolute atomic E-state index is 4.31. The van der Waals surface area contributed by atoms with Crippen LogP contribution < -0.4 is 24.8 Å². The number of rotatable bonds is 2. The van der Waals surface area contributed by atoms with Crippen LogP contribution in [0.3, 0.4) is 0 Å². The molecule has 0 bridgehead atoms. The van der Waals surface area contributed by atoms with Gasteiger partial charge in [0.15, 0.2) is 0 Å². The summed E-state index contributed by atoms with van der Waals surface area (Å²) in [5.41, 5.74) is 2.91. The molecule has 0 unspecified atom stereocenters. The van der Waals surface area contributed by atoms with Crippen LogP contribution in [0.4, 0.5) is 0 Å². The number of aliphatic imine (C=N–C) groups is 2. The molecular formula is C10H13Cl2N3V. The molecule has 1 aromatic heterocycles. The Kier molecular flexibility index (Phi) is 14.6. The number of nitrogens with zero attached hydrogens (tertiary/aromatic N) is 3. The Morgan fingerprint density at radius 2 is 1.38 bits per heavy atom. The molecular weight excluding hydrogens is 284 g/mol. The Hall–Kier alpha value is -0.346. The van der Waals surface area contributed by atoms with Crippen molar-refractivity contribution in [3.63, 3.8) is 0 Å². The van der Waals surface area contributed by atoms with Crippen molar-refractivity contribution in [3.8, 4) is 0 Å². The number of hydrogen-bond acceptors (Lipinski definition) is 3. The van der Waals surface area contributed by atoms with Crippen molar-refractivity contribution >= 4 is 12.4 Å². The van der Waals surface area contributed by atoms with Gasteiger partial charge in [0.05, 0.1) is 11.4 Å². The molecule has 0 amide bonds. The Balaban J connectivity index is -0.000000563. The molecule has 16 heavy (non-hydrogen) atoms. The zero-order valence-corrected chi connectivity index (χ0v) is 12.3. The fourth-order valence-corrected chi connectivity index (χ4v) is 1.12. The van der Waals surface area contributed by atoms with Gasteiger partial charge in [0.2, 0.25) is 0 Å². The number of aryl methyl sites for hydroxylation is 1. The number of hydrogen-bond donors (Lipinski definition) is 0. The normalized spacial score (nSPS) is 9.44. The first-order valence-electron chi connectivity index (χ1n) is 4.09. The maximum Gasteiger partial charge on any atom is 2.00 e. The molecule has 0 aliphatic heterocycles. The van der Waals surface area contributed by atoms with Crippen LogP contribution >= 0.6 is 0 Å². The molecule has 0 aliphatic carbocycles. The molecule has 0 fully saturated rings. The van der Waals surface area contributed by atoms with Crippen molar-refractivity contribution in [2.24, 2.45) is 9.98 Å². The van der Waals surface area contributed by atoms with E-state index in [-0.39, 0.29) is 43.4 Å². The van der Waals surface area contributed by atoms with Crippen LogP contribution in [0.5, 0.6) is 0 Å². The largest absolute Gasteiger partial charge is 2.00 e. The van der Waals surface area contributed by atoms with Crippen molar-refractivity contribution in [3.05, 3.63) is 29.1 Å². The van der Waals surface area contributed by atoms with Gasteiger partial charge in [0.1, 0.15) is 0 Å². The van der Waals surface area contributed by atoms with Crippen LogP contribution in [0, 0.1) is 6.92 Å². The molecule has 1 aromatic rings. The van der Waals surface area contributed by atoms with E-state index in [4.69, 9.17) is 0 Å². The fourth-order valence-electron chi connectivity index (χ4n) is 1.12. The van der Waals surface area contributed by atoms with Gasteiger partial charge in [-0.05, 0) is 24.6 Å². The van der Waals surface area contributed by atoms with Gasteiger partial charge < -0.3 is 24.8 Å². The maximum atomic E-state index is 4.31. The molecule has 0 saturated heterocycles. The molecule has 3 nitrogen and oxygen atoms in total. The van der Waals surface area contributed by atoms with Crippen LogP contribution in [0.1, 0.15) is 17.0 Å². The summed E-state index contributed by atoms with van der Waals surface area (Å²) in [6, 6.07) is 3.97. The van der Waals surface area contributed by atoms with Crippen LogP contribution in [0.25, 0.3) is 0 Å². The molecule has 1 heterocycles. The van der Waals surface area contributed by atoms with E-state index in [1.54, 1.807) is 26.5 Å². The van der Waals surface area contributed by atoms with Crippen LogP contribution in [0.15, 0.2) is 22.1 Å². The van der Waals surface area contributed by atoms with Crippen molar-refractivity contribution < 1.29 is 43.4 Å². The third kappa shape index (κ3) is 7.02. The quantitative estimate of drug-likeness (QED) is 0.507. The predicted molar refractivity (Wildman–Crippen MR) is 56.0 cm³/mol. The second kappa shape index (κ2) is 11.1. The first kappa shape index (κ1) is 21.0. The van der Waals surface area contributed by atoms with Gasteiger partial charge >= 0.3 is 18.6 Å². The van der Waals surface area contributed by atoms with Crippen LogP contribution in [-0.4, -0.2) is 31.5 Å². The summed E-state index contributed by atoms with van der Waals surface area (Å²) < 4.78 is 0. The van der Waals surface area contributed by atoms with E-state index in [0.717, 1.165) is 11.4 Å². The molecule has 6 heteroatoms. The Morgan fingerprint density at radius 3 is 1.69 bits per heavy atom. The van der Waals surface area contributed by atoms with E-state index in [0.29, 0.717) is 0 Å². The van der Waals surface area contributed by atoms with Gasteiger partial charge in [-0.3, -0.25) is 9.98 Å². The van der Waals surface area contributed by atoms with Crippen LogP contribution in [-0.2, 0) is 18.6 Å². The number of pyridine rings is 1. The van der Waals surface area contributed by atoms with E-state index in [9.17, 15) is 0 Å². The van der Waals surface area contributed by atoms with E-state index in [2.05, 4.69) is 15.0 Å². The summed E-state index contributed by atoms with van der Waals surface area (Å²) in [7, 11) is 3.47. The summed E-state index contributed by atoms with van der Waals surface area (Å²) in [6.45, 7) is 2.03. The first-order valence-corrected chi connectivity index (χ1v) is 4.09. The SMILES string of the molecule is CN=Cc1cc(C)cc(C=NC)n1.[Cl-].[Cl-].[V+2]. The van der Waals surface area contributed by atoms with Gasteiger partial charge in [0.25, 0.3) is 0 Å². The first-order chi connectivity index (χ1) is 6.26. The standard InChI is InChI=1S/C10H13N3.2ClH.V/c1-8-4-9(6-11-2)13-10(5-8)7-12-3;;;/h4-7H,1-3H3;2*1H;/q;;;+2/p-2. The third-order valence-corrected chi connectivity index (χ3v) is 1.53. The minimum absolute atomic E-state index is 0. The average Bonchev–Trinajstić information content (AvgIpc) is 2.04. The van der Waals surface area contributed by atoms with E-state index < -0.39 is 0 Å². The molecule has 87 valence electrons. The average molecular weight is 297 g/mol. The van der Waals surface area contributed by atoms with Crippen LogP contribution in [0.2, 0.25) is 0 Å². The Morgan fingerprint density at radius 1 is 1.00 bits per heavy atom. The summed E-state index contributed by atoms with van der Waals surface area (Å²) >= 11 is 0. The molecule has 0 spiro atoms. The second-order valence-corrected chi connectivity index (χ2v) is 2.77. The van der Waals surface area contributed by atoms with E-state index in [1.807, 2.05) is 19.1 Å². The molecule has 1 rings (SSSR count). The molecule has 0 atom stereocenters. The topological polar surface area (TPSA) is 37.6 Å². The zero-order valence-electron chi connectivity index (χ0n) is 9.35. The summed E-state index contributed by atoms with van der Waals surface area (Å²) in [5.74, 6) is 0. The molecule has 0 N–H and O–H groups in total. The smallest absolute Gasteiger partial charge is 1.00 e. The van der Waals surface area contributed by atoms with Gasteiger partial charge in [-0.2, -0.15) is 0 Å². The second-order valence-electron chi connectivity index (χ2n) is 2.77. The summed E-state index contributed by atoms with van der Waals surface area (Å²) in [6.07, 6.45) is 3.47. The summed E-state index contributed by atoms with van der Waals surface area (Å²) in [4.78, 5) is 12.1. The van der Waals surface area contributed by atoms with Gasteiger partial charge in [-0.15, -0.1) is 0 Å². The number of halogens is 2. The third-order valence-electron chi connectivity index (χ3n) is 1.53. The van der Waals surface area contributed by atoms with E-state index in [1.165, 1.54) is 5.56 Å². The molecule has 1 radical (unpaired) electrons. The van der Waals surface area contributed by atoms with Gasteiger partial charge in [-0.1, -0.05) is 0 Å². The van der Waals surface area contributed by atoms with Gasteiger partial charge in [-0.25, -0.2) is 4.98 Å². The van der Waals surface area contributed by atoms with Crippen molar-refractivity contribution in [2.45, 2.75) is 6.92 Å². The molecule has 0 aromatic carbocycles. The zero-order chi connectivity index (χ0) is 9.68. The molecule has 0 aliphatic rings. The monoisotopic (exact) mass is 296 g/mol. The van der Waals surface area contributed by atoms with Crippen molar-refractivity contribution in [1.29, 1.82) is 0 Å². The Labute approximate surface area is 121 Å². The van der Waals surface area contributed by atoms with Crippen molar-refractivity contribution in [1.82, 2.24) is 4.98 Å². The van der Waals surface area contributed by atoms with E-state index >= 15 is 0 Å². The summed E-state index contributed by atoms with van der Waals surface area (Å²) in [5, 5.41) is 0.